The minimum atomic E-state index is -0.721. The maximum absolute atomic E-state index is 9.82. The van der Waals surface area contributed by atoms with Gasteiger partial charge in [0.1, 0.15) is 23.3 Å². The minimum absolute atomic E-state index is 0.233. The molecule has 20 heavy (non-hydrogen) atoms. The number of fused-ring (bicyclic) bond motifs is 1. The molecule has 0 aliphatic carbocycles. The number of anilines is 1. The summed E-state index contributed by atoms with van der Waals surface area (Å²) >= 11 is 1.44. The van der Waals surface area contributed by atoms with Crippen molar-refractivity contribution in [2.24, 2.45) is 0 Å². The first-order valence-electron chi connectivity index (χ1n) is 6.12. The number of aliphatic hydroxyl groups is 2. The Labute approximate surface area is 119 Å². The summed E-state index contributed by atoms with van der Waals surface area (Å²) in [4.78, 5) is 8.17. The van der Waals surface area contributed by atoms with E-state index < -0.39 is 18.4 Å². The Kier molecular flexibility index (Phi) is 3.50. The highest BCUT2D eigenvalue weighted by Gasteiger charge is 2.36. The van der Waals surface area contributed by atoms with Crippen molar-refractivity contribution in [3.8, 4) is 0 Å². The van der Waals surface area contributed by atoms with Gasteiger partial charge in [0.25, 0.3) is 0 Å². The summed E-state index contributed by atoms with van der Waals surface area (Å²) in [6.45, 7) is -0.233. The Hall–Kier alpha value is -1.42. The number of nitrogens with zero attached hydrogens (tertiary/aromatic N) is 4. The molecule has 0 aromatic carbocycles. The monoisotopic (exact) mass is 297 g/mol. The largest absolute Gasteiger partial charge is 0.394 e. The van der Waals surface area contributed by atoms with Gasteiger partial charge in [0.15, 0.2) is 11.9 Å². The van der Waals surface area contributed by atoms with Crippen LogP contribution in [0, 0.1) is 0 Å². The van der Waals surface area contributed by atoms with Crippen LogP contribution in [0.15, 0.2) is 11.4 Å². The fourth-order valence-electron chi connectivity index (χ4n) is 2.34. The molecule has 1 aliphatic heterocycles. The summed E-state index contributed by atoms with van der Waals surface area (Å²) in [5.74, 6) is 0.364. The van der Waals surface area contributed by atoms with Crippen LogP contribution in [0.5, 0.6) is 0 Å². The predicted molar refractivity (Wildman–Crippen MR) is 73.1 cm³/mol. The number of rotatable bonds is 3. The van der Waals surface area contributed by atoms with Crippen LogP contribution in [0.25, 0.3) is 11.0 Å². The Balaban J connectivity index is 2.07. The number of hydrogen-bond donors (Lipinski definition) is 3. The molecule has 0 amide bonds. The molecule has 1 saturated heterocycles. The summed E-state index contributed by atoms with van der Waals surface area (Å²) in [5, 5.41) is 24.8. The van der Waals surface area contributed by atoms with E-state index in [1.54, 1.807) is 4.68 Å². The van der Waals surface area contributed by atoms with Crippen molar-refractivity contribution in [1.82, 2.24) is 19.7 Å². The average molecular weight is 297 g/mol. The first-order valence-corrected chi connectivity index (χ1v) is 7.35. The number of nitrogens with two attached hydrogens (primary N) is 1. The molecular weight excluding hydrogens is 282 g/mol. The zero-order valence-electron chi connectivity index (χ0n) is 10.8. The second kappa shape index (κ2) is 5.17. The second-order valence-corrected chi connectivity index (χ2v) is 5.32. The molecule has 1 aliphatic rings. The first kappa shape index (κ1) is 13.6. The zero-order chi connectivity index (χ0) is 14.3. The van der Waals surface area contributed by atoms with E-state index in [4.69, 9.17) is 15.6 Å². The third-order valence-electron chi connectivity index (χ3n) is 3.34. The topological polar surface area (TPSA) is 119 Å². The van der Waals surface area contributed by atoms with Gasteiger partial charge in [-0.05, 0) is 6.26 Å². The van der Waals surface area contributed by atoms with Gasteiger partial charge in [0.05, 0.1) is 18.1 Å². The first-order chi connectivity index (χ1) is 9.65. The van der Waals surface area contributed by atoms with Crippen LogP contribution in [0.2, 0.25) is 0 Å². The van der Waals surface area contributed by atoms with Crippen molar-refractivity contribution in [2.75, 3.05) is 18.6 Å². The summed E-state index contributed by atoms with van der Waals surface area (Å²) in [6, 6.07) is 0. The molecule has 1 fully saturated rings. The van der Waals surface area contributed by atoms with E-state index >= 15 is 0 Å². The third kappa shape index (κ3) is 2.03. The third-order valence-corrected chi connectivity index (χ3v) is 4.01. The van der Waals surface area contributed by atoms with Crippen molar-refractivity contribution >= 4 is 28.6 Å². The SMILES string of the molecule is CSc1nn([C@H]2C[C@H](O)[C@@H](CO)O2)c2ncnc(N)c12. The number of thioether (sulfide) groups is 1. The van der Waals surface area contributed by atoms with Gasteiger partial charge in [0.2, 0.25) is 0 Å². The highest BCUT2D eigenvalue weighted by molar-refractivity contribution is 7.98. The number of aliphatic hydroxyl groups excluding tert-OH is 2. The van der Waals surface area contributed by atoms with Gasteiger partial charge in [-0.3, -0.25) is 0 Å². The van der Waals surface area contributed by atoms with Gasteiger partial charge in [-0.1, -0.05) is 0 Å². The zero-order valence-corrected chi connectivity index (χ0v) is 11.6. The molecule has 3 heterocycles. The molecular formula is C11H15N5O3S. The van der Waals surface area contributed by atoms with E-state index in [1.165, 1.54) is 18.1 Å². The van der Waals surface area contributed by atoms with Gasteiger partial charge in [-0.2, -0.15) is 5.10 Å². The van der Waals surface area contributed by atoms with Crippen LogP contribution < -0.4 is 5.73 Å². The van der Waals surface area contributed by atoms with Crippen LogP contribution >= 0.6 is 11.8 Å². The number of aromatic nitrogens is 4. The summed E-state index contributed by atoms with van der Waals surface area (Å²) in [7, 11) is 0. The summed E-state index contributed by atoms with van der Waals surface area (Å²) in [5.41, 5.74) is 6.44. The van der Waals surface area contributed by atoms with Crippen molar-refractivity contribution in [1.29, 1.82) is 0 Å². The minimum Gasteiger partial charge on any atom is -0.394 e. The van der Waals surface area contributed by atoms with Gasteiger partial charge >= 0.3 is 0 Å². The average Bonchev–Trinajstić information content (AvgIpc) is 3.00. The lowest BCUT2D eigenvalue weighted by Gasteiger charge is -2.12. The molecule has 2 aromatic rings. The molecule has 3 atom stereocenters. The number of ether oxygens (including phenoxy) is 1. The van der Waals surface area contributed by atoms with E-state index in [0.29, 0.717) is 28.3 Å². The second-order valence-electron chi connectivity index (χ2n) is 4.53. The Bertz CT molecular complexity index is 634. The van der Waals surface area contributed by atoms with Crippen LogP contribution in [-0.2, 0) is 4.74 Å². The maximum Gasteiger partial charge on any atom is 0.167 e. The van der Waals surface area contributed by atoms with Crippen LogP contribution in [0.1, 0.15) is 12.6 Å². The Morgan fingerprint density at radius 1 is 1.55 bits per heavy atom. The van der Waals surface area contributed by atoms with E-state index in [0.717, 1.165) is 0 Å². The molecule has 0 bridgehead atoms. The maximum atomic E-state index is 9.82. The van der Waals surface area contributed by atoms with Gasteiger partial charge in [-0.15, -0.1) is 11.8 Å². The van der Waals surface area contributed by atoms with E-state index in [-0.39, 0.29) is 6.61 Å². The molecule has 108 valence electrons. The van der Waals surface area contributed by atoms with Crippen molar-refractivity contribution < 1.29 is 14.9 Å². The van der Waals surface area contributed by atoms with E-state index in [9.17, 15) is 5.11 Å². The highest BCUT2D eigenvalue weighted by atomic mass is 32.2. The lowest BCUT2D eigenvalue weighted by Crippen LogP contribution is -2.24. The van der Waals surface area contributed by atoms with Crippen molar-refractivity contribution in [2.45, 2.75) is 29.9 Å². The highest BCUT2D eigenvalue weighted by Crippen LogP contribution is 2.34. The number of nitrogen functional groups attached to an aromatic ring is 1. The quantitative estimate of drug-likeness (QED) is 0.665. The Morgan fingerprint density at radius 2 is 2.35 bits per heavy atom. The normalized spacial score (nSPS) is 26.4. The van der Waals surface area contributed by atoms with E-state index in [1.807, 2.05) is 6.26 Å². The molecule has 3 rings (SSSR count). The van der Waals surface area contributed by atoms with Crippen LogP contribution in [-0.4, -0.2) is 55.0 Å². The molecule has 8 nitrogen and oxygen atoms in total. The van der Waals surface area contributed by atoms with E-state index in [2.05, 4.69) is 15.1 Å². The van der Waals surface area contributed by atoms with Gasteiger partial charge in [0, 0.05) is 6.42 Å². The lowest BCUT2D eigenvalue weighted by atomic mass is 10.2. The standard InChI is InChI=1S/C11H15N5O3S/c1-20-11-8-9(12)13-4-14-10(8)16(15-11)7-2-5(18)6(3-17)19-7/h4-7,17-18H,2-3H2,1H3,(H2,12,13,14)/t5-,6+,7+/m0/s1. The Morgan fingerprint density at radius 3 is 3.00 bits per heavy atom. The van der Waals surface area contributed by atoms with Gasteiger partial charge in [-0.25, -0.2) is 14.6 Å². The molecule has 0 spiro atoms. The van der Waals surface area contributed by atoms with Crippen LogP contribution in [0.3, 0.4) is 0 Å². The fourth-order valence-corrected chi connectivity index (χ4v) is 2.91. The fraction of sp³-hybridized carbons (Fsp3) is 0.545. The molecule has 2 aromatic heterocycles. The smallest absolute Gasteiger partial charge is 0.167 e. The molecule has 0 saturated carbocycles. The summed E-state index contributed by atoms with van der Waals surface area (Å²) in [6.07, 6.45) is 1.81. The lowest BCUT2D eigenvalue weighted by molar-refractivity contribution is -0.0473. The van der Waals surface area contributed by atoms with Gasteiger partial charge < -0.3 is 20.7 Å². The molecule has 0 radical (unpaired) electrons. The van der Waals surface area contributed by atoms with Crippen LogP contribution in [0.4, 0.5) is 5.82 Å². The molecule has 9 heteroatoms. The molecule has 0 unspecified atom stereocenters. The number of hydrogen-bond acceptors (Lipinski definition) is 8. The predicted octanol–water partition coefficient (Wildman–Crippen LogP) is -0.229. The molecule has 4 N–H and O–H groups in total. The summed E-state index contributed by atoms with van der Waals surface area (Å²) < 4.78 is 7.20. The van der Waals surface area contributed by atoms with Crippen molar-refractivity contribution in [3.05, 3.63) is 6.33 Å². The van der Waals surface area contributed by atoms with Crippen molar-refractivity contribution in [3.63, 3.8) is 0 Å².